The van der Waals surface area contributed by atoms with Crippen molar-refractivity contribution in [3.05, 3.63) is 23.3 Å². The van der Waals surface area contributed by atoms with Crippen LogP contribution in [-0.4, -0.2) is 66.8 Å². The van der Waals surface area contributed by atoms with E-state index in [2.05, 4.69) is 26.8 Å². The standard InChI is InChI=1S/C29H41NO6/c1-8-35-24(31)30-14-13-28-21-17-9-10-18(33-6)22(21)36-23(28)29(34-7)12-11-27(28,20(30)15-17)16-19(29)26(5,32)25(2,3)4/h9-10,19-20,23,32H,8,11-16H2,1-7H3/t19-,20-,23-,26+,27-,28+,29-/m1/s1. The first-order valence-corrected chi connectivity index (χ1v) is 13.5. The number of amides is 1. The fraction of sp³-hybridized carbons (Fsp3) is 0.759. The first kappa shape index (κ1) is 24.4. The molecule has 0 radical (unpaired) electrons. The van der Waals surface area contributed by atoms with Crippen LogP contribution < -0.4 is 9.47 Å². The van der Waals surface area contributed by atoms with E-state index < -0.39 is 11.2 Å². The van der Waals surface area contributed by atoms with Crippen molar-refractivity contribution in [1.82, 2.24) is 4.90 Å². The Bertz CT molecular complexity index is 1110. The third kappa shape index (κ3) is 2.50. The van der Waals surface area contributed by atoms with Gasteiger partial charge in [0.05, 0.1) is 19.3 Å². The zero-order valence-electron chi connectivity index (χ0n) is 22.8. The van der Waals surface area contributed by atoms with Crippen LogP contribution >= 0.6 is 0 Å². The largest absolute Gasteiger partial charge is 0.493 e. The van der Waals surface area contributed by atoms with Crippen LogP contribution in [0.25, 0.3) is 0 Å². The lowest BCUT2D eigenvalue weighted by Crippen LogP contribution is -2.83. The second-order valence-electron chi connectivity index (χ2n) is 12.9. The lowest BCUT2D eigenvalue weighted by atomic mass is 9.33. The van der Waals surface area contributed by atoms with Gasteiger partial charge in [0.25, 0.3) is 0 Å². The van der Waals surface area contributed by atoms with Crippen LogP contribution in [0.15, 0.2) is 12.1 Å². The van der Waals surface area contributed by atoms with Crippen LogP contribution in [0.5, 0.6) is 11.5 Å². The summed E-state index contributed by atoms with van der Waals surface area (Å²) in [7, 11) is 3.49. The van der Waals surface area contributed by atoms with E-state index in [-0.39, 0.29) is 40.4 Å². The summed E-state index contributed by atoms with van der Waals surface area (Å²) >= 11 is 0. The van der Waals surface area contributed by atoms with Gasteiger partial charge in [0, 0.05) is 42.0 Å². The predicted octanol–water partition coefficient (Wildman–Crippen LogP) is 4.46. The van der Waals surface area contributed by atoms with E-state index in [1.807, 2.05) is 24.8 Å². The summed E-state index contributed by atoms with van der Waals surface area (Å²) in [5.74, 6) is 1.43. The minimum absolute atomic E-state index is 0.0170. The maximum atomic E-state index is 13.3. The average Bonchev–Trinajstić information content (AvgIpc) is 3.20. The number of likely N-dealkylation sites (tertiary alicyclic amines) is 1. The first-order chi connectivity index (χ1) is 16.9. The summed E-state index contributed by atoms with van der Waals surface area (Å²) in [6.07, 6.45) is 3.55. The molecule has 3 saturated carbocycles. The average molecular weight is 500 g/mol. The van der Waals surface area contributed by atoms with E-state index in [1.165, 1.54) is 11.1 Å². The van der Waals surface area contributed by atoms with Gasteiger partial charge in [-0.2, -0.15) is 0 Å². The van der Waals surface area contributed by atoms with Gasteiger partial charge in [-0.25, -0.2) is 4.79 Å². The molecule has 4 bridgehead atoms. The Morgan fingerprint density at radius 1 is 1.19 bits per heavy atom. The Kier molecular flexibility index (Phi) is 4.95. The maximum absolute atomic E-state index is 13.3. The Balaban J connectivity index is 1.62. The second-order valence-corrected chi connectivity index (χ2v) is 12.9. The summed E-state index contributed by atoms with van der Waals surface area (Å²) < 4.78 is 24.9. The number of methoxy groups -OCH3 is 2. The van der Waals surface area contributed by atoms with E-state index in [1.54, 1.807) is 14.2 Å². The van der Waals surface area contributed by atoms with Crippen molar-refractivity contribution < 1.29 is 28.8 Å². The Morgan fingerprint density at radius 3 is 2.58 bits per heavy atom. The molecule has 0 unspecified atom stereocenters. The molecule has 2 aliphatic heterocycles. The van der Waals surface area contributed by atoms with Crippen molar-refractivity contribution in [2.75, 3.05) is 27.4 Å². The van der Waals surface area contributed by atoms with Gasteiger partial charge in [-0.05, 0) is 63.0 Å². The molecule has 1 aromatic carbocycles. The van der Waals surface area contributed by atoms with Gasteiger partial charge in [-0.3, -0.25) is 0 Å². The maximum Gasteiger partial charge on any atom is 0.410 e. The van der Waals surface area contributed by atoms with Gasteiger partial charge in [0.2, 0.25) is 0 Å². The van der Waals surface area contributed by atoms with Crippen molar-refractivity contribution >= 4 is 6.09 Å². The number of hydrogen-bond donors (Lipinski definition) is 1. The highest BCUT2D eigenvalue weighted by atomic mass is 16.6. The molecule has 2 heterocycles. The van der Waals surface area contributed by atoms with Gasteiger partial charge in [-0.1, -0.05) is 26.8 Å². The fourth-order valence-corrected chi connectivity index (χ4v) is 9.21. The Morgan fingerprint density at radius 2 is 1.94 bits per heavy atom. The summed E-state index contributed by atoms with van der Waals surface area (Å²) in [5.41, 5.74) is -0.0667. The molecule has 1 saturated heterocycles. The molecule has 198 valence electrons. The molecule has 1 amide bonds. The molecule has 7 nitrogen and oxygen atoms in total. The molecule has 6 aliphatic rings. The SMILES string of the molecule is CCOC(=O)N1CC[C@]23c4c5ccc(OC)c4O[C@H]2[C@@]2(OC)CC[C@@]3(C[C@@H]2[C@](C)(O)C(C)(C)C)[C@H]1C5. The molecule has 7 heteroatoms. The number of piperidine rings is 1. The van der Waals surface area contributed by atoms with Gasteiger partial charge in [-0.15, -0.1) is 0 Å². The van der Waals surface area contributed by atoms with E-state index in [4.69, 9.17) is 18.9 Å². The number of nitrogens with zero attached hydrogens (tertiary/aromatic N) is 1. The van der Waals surface area contributed by atoms with Crippen LogP contribution in [0.1, 0.15) is 71.4 Å². The molecule has 7 rings (SSSR count). The van der Waals surface area contributed by atoms with Gasteiger partial charge < -0.3 is 29.0 Å². The molecule has 0 aromatic heterocycles. The number of ether oxygens (including phenoxy) is 4. The summed E-state index contributed by atoms with van der Waals surface area (Å²) in [6.45, 7) is 11.1. The number of carbonyl (C=O) groups excluding carboxylic acids is 1. The molecule has 4 fully saturated rings. The van der Waals surface area contributed by atoms with E-state index >= 15 is 0 Å². The van der Waals surface area contributed by atoms with Gasteiger partial charge >= 0.3 is 6.09 Å². The Hall–Kier alpha value is -1.99. The zero-order chi connectivity index (χ0) is 25.9. The number of hydrogen-bond acceptors (Lipinski definition) is 6. The smallest absolute Gasteiger partial charge is 0.410 e. The number of benzene rings is 1. The van der Waals surface area contributed by atoms with Crippen molar-refractivity contribution in [2.45, 2.75) is 95.5 Å². The lowest BCUT2D eigenvalue weighted by Gasteiger charge is -2.75. The number of fused-ring (bicyclic) bond motifs is 2. The zero-order valence-corrected chi connectivity index (χ0v) is 22.8. The van der Waals surface area contributed by atoms with E-state index in [9.17, 15) is 9.90 Å². The molecule has 4 aliphatic carbocycles. The second kappa shape index (κ2) is 7.31. The van der Waals surface area contributed by atoms with Crippen molar-refractivity contribution in [3.8, 4) is 11.5 Å². The third-order valence-corrected chi connectivity index (χ3v) is 11.3. The lowest BCUT2D eigenvalue weighted by molar-refractivity contribution is -0.310. The number of rotatable bonds is 4. The monoisotopic (exact) mass is 499 g/mol. The molecular weight excluding hydrogens is 458 g/mol. The van der Waals surface area contributed by atoms with Gasteiger partial charge in [0.1, 0.15) is 11.7 Å². The van der Waals surface area contributed by atoms with Crippen LogP contribution in [0.2, 0.25) is 0 Å². The quantitative estimate of drug-likeness (QED) is 0.659. The minimum Gasteiger partial charge on any atom is -0.493 e. The van der Waals surface area contributed by atoms with Gasteiger partial charge in [0.15, 0.2) is 11.5 Å². The van der Waals surface area contributed by atoms with Crippen molar-refractivity contribution in [3.63, 3.8) is 0 Å². The predicted molar refractivity (Wildman–Crippen MR) is 135 cm³/mol. The van der Waals surface area contributed by atoms with Crippen LogP contribution in [0.4, 0.5) is 4.79 Å². The highest BCUT2D eigenvalue weighted by molar-refractivity contribution is 5.71. The number of aliphatic hydroxyl groups is 1. The Labute approximate surface area is 214 Å². The van der Waals surface area contributed by atoms with Crippen LogP contribution in [0, 0.1) is 16.7 Å². The highest BCUT2D eigenvalue weighted by Crippen LogP contribution is 2.78. The molecule has 1 aromatic rings. The molecule has 1 N–H and O–H groups in total. The molecule has 36 heavy (non-hydrogen) atoms. The molecular formula is C29H41NO6. The summed E-state index contributed by atoms with van der Waals surface area (Å²) in [6, 6.07) is 4.13. The highest BCUT2D eigenvalue weighted by Gasteiger charge is 2.82. The first-order valence-electron chi connectivity index (χ1n) is 13.5. The van der Waals surface area contributed by atoms with Crippen molar-refractivity contribution in [1.29, 1.82) is 0 Å². The van der Waals surface area contributed by atoms with Crippen molar-refractivity contribution in [2.24, 2.45) is 16.7 Å². The normalized spacial score (nSPS) is 39.2. The number of carbonyl (C=O) groups is 1. The minimum atomic E-state index is -1.01. The van der Waals surface area contributed by atoms with E-state index in [0.717, 1.165) is 43.6 Å². The topological polar surface area (TPSA) is 77.5 Å². The summed E-state index contributed by atoms with van der Waals surface area (Å²) in [4.78, 5) is 15.3. The van der Waals surface area contributed by atoms with E-state index in [0.29, 0.717) is 13.2 Å². The molecule has 2 spiro atoms. The van der Waals surface area contributed by atoms with Crippen LogP contribution in [-0.2, 0) is 21.3 Å². The fourth-order valence-electron chi connectivity index (χ4n) is 9.21. The third-order valence-electron chi connectivity index (χ3n) is 11.3. The summed E-state index contributed by atoms with van der Waals surface area (Å²) in [5, 5.41) is 12.2. The molecule has 7 atom stereocenters. The van der Waals surface area contributed by atoms with Crippen LogP contribution in [0.3, 0.4) is 0 Å².